The predicted molar refractivity (Wildman–Crippen MR) is 194 cm³/mol. The van der Waals surface area contributed by atoms with Crippen molar-refractivity contribution in [1.82, 2.24) is 20.5 Å². The molecule has 1 aromatic heterocycles. The maximum Gasteiger partial charge on any atom is 0.407 e. The summed E-state index contributed by atoms with van der Waals surface area (Å²) in [4.78, 5) is 60.0. The van der Waals surface area contributed by atoms with Crippen LogP contribution in [0.15, 0.2) is 73.3 Å². The molecule has 3 N–H and O–H groups in total. The lowest BCUT2D eigenvalue weighted by Crippen LogP contribution is -2.56. The molecule has 268 valence electrons. The lowest BCUT2D eigenvalue weighted by Gasteiger charge is -2.29. The molecule has 11 nitrogen and oxygen atoms in total. The number of nitrogens with zero attached hydrogens (tertiary/aromatic N) is 2. The van der Waals surface area contributed by atoms with Crippen molar-refractivity contribution in [3.63, 3.8) is 0 Å². The van der Waals surface area contributed by atoms with E-state index in [4.69, 9.17) is 14.5 Å². The number of carbonyl (C=O) groups is 4. The van der Waals surface area contributed by atoms with E-state index in [-0.39, 0.29) is 31.4 Å². The topological polar surface area (TPSA) is 147 Å². The second-order valence-electron chi connectivity index (χ2n) is 14.5. The molecule has 3 heterocycles. The molecule has 0 radical (unpaired) electrons. The summed E-state index contributed by atoms with van der Waals surface area (Å²) in [6, 6.07) is 15.6. The van der Waals surface area contributed by atoms with E-state index in [1.807, 2.05) is 67.6 Å². The minimum Gasteiger partial charge on any atom is -0.488 e. The maximum absolute atomic E-state index is 14.3. The summed E-state index contributed by atoms with van der Waals surface area (Å²) in [5.41, 5.74) is 1.47. The lowest BCUT2D eigenvalue weighted by atomic mass is 9.88. The predicted octanol–water partition coefficient (Wildman–Crippen LogP) is 6.12. The standard InChI is InChI=1S/C40H46N4O7/c1-5-7-13-31-36(46)44-24-28(21-33(44)35(45)43-40(37(47)48)23-27(40)6-2)51-34-22-32(26-11-9-8-10-12-26)41-30-15-14-25(20-29(30)34)16-17-39(3,4)18-19-50-38(49)42-31/h6,8-12,14-17,20,22,27-28,31,33H,2,5,7,13,18-19,21,23-24H2,1,3-4H3,(H,42,49)(H,43,45)(H,47,48)/b17-16+/t27-,28+,31-,33-,40+/m0/s1. The molecular weight excluding hydrogens is 648 g/mol. The highest BCUT2D eigenvalue weighted by Gasteiger charge is 2.61. The highest BCUT2D eigenvalue weighted by atomic mass is 16.5. The van der Waals surface area contributed by atoms with Gasteiger partial charge in [-0.2, -0.15) is 0 Å². The number of carboxylic acids is 1. The summed E-state index contributed by atoms with van der Waals surface area (Å²) in [6.07, 6.45) is 6.91. The zero-order chi connectivity index (χ0) is 36.3. The number of alkyl carbamates (subject to hydrolysis) is 1. The Morgan fingerprint density at radius 3 is 2.65 bits per heavy atom. The number of hydrogen-bond acceptors (Lipinski definition) is 7. The number of aliphatic carboxylic acids is 1. The van der Waals surface area contributed by atoms with Gasteiger partial charge < -0.3 is 30.1 Å². The van der Waals surface area contributed by atoms with E-state index in [0.717, 1.165) is 28.5 Å². The number of carbonyl (C=O) groups excluding carboxylic acids is 3. The monoisotopic (exact) mass is 694 g/mol. The van der Waals surface area contributed by atoms with Crippen LogP contribution in [0.2, 0.25) is 0 Å². The number of amides is 3. The van der Waals surface area contributed by atoms with Crippen LogP contribution in [0, 0.1) is 11.3 Å². The molecule has 1 saturated heterocycles. The maximum atomic E-state index is 14.3. The van der Waals surface area contributed by atoms with Crippen molar-refractivity contribution in [3.05, 3.63) is 78.9 Å². The first-order valence-corrected chi connectivity index (χ1v) is 17.7. The molecular formula is C40H46N4O7. The van der Waals surface area contributed by atoms with Gasteiger partial charge in [-0.05, 0) is 42.4 Å². The highest BCUT2D eigenvalue weighted by Crippen LogP contribution is 2.45. The van der Waals surface area contributed by atoms with Crippen molar-refractivity contribution in [3.8, 4) is 17.0 Å². The molecule has 0 spiro atoms. The molecule has 3 aromatic rings. The summed E-state index contributed by atoms with van der Waals surface area (Å²) < 4.78 is 12.3. The smallest absolute Gasteiger partial charge is 0.407 e. The molecule has 3 aliphatic rings. The summed E-state index contributed by atoms with van der Waals surface area (Å²) in [5, 5.41) is 16.3. The van der Waals surface area contributed by atoms with Crippen molar-refractivity contribution >= 4 is 40.9 Å². The number of carboxylic acid groups (broad SMARTS) is 1. The fraction of sp³-hybridized carbons (Fsp3) is 0.425. The Kier molecular flexibility index (Phi) is 10.2. The third-order valence-electron chi connectivity index (χ3n) is 10.2. The van der Waals surface area contributed by atoms with Gasteiger partial charge in [-0.15, -0.1) is 6.58 Å². The summed E-state index contributed by atoms with van der Waals surface area (Å²) in [6.45, 7) is 10.0. The Balaban J connectivity index is 1.42. The first-order valence-electron chi connectivity index (χ1n) is 17.7. The second-order valence-corrected chi connectivity index (χ2v) is 14.5. The number of ether oxygens (including phenoxy) is 2. The van der Waals surface area contributed by atoms with Gasteiger partial charge in [-0.25, -0.2) is 14.6 Å². The Bertz CT molecular complexity index is 1860. The van der Waals surface area contributed by atoms with Gasteiger partial charge in [-0.3, -0.25) is 9.59 Å². The quantitative estimate of drug-likeness (QED) is 0.239. The lowest BCUT2D eigenvalue weighted by molar-refractivity contribution is -0.145. The molecule has 1 aliphatic carbocycles. The zero-order valence-corrected chi connectivity index (χ0v) is 29.4. The molecule has 11 heteroatoms. The van der Waals surface area contributed by atoms with Crippen LogP contribution in [0.25, 0.3) is 28.2 Å². The van der Waals surface area contributed by atoms with E-state index in [1.54, 1.807) is 0 Å². The second kappa shape index (κ2) is 14.6. The Hall–Kier alpha value is -5.19. The number of fused-ring (bicyclic) bond motifs is 3. The van der Waals surface area contributed by atoms with Gasteiger partial charge in [0.1, 0.15) is 29.5 Å². The van der Waals surface area contributed by atoms with Gasteiger partial charge in [0.15, 0.2) is 0 Å². The summed E-state index contributed by atoms with van der Waals surface area (Å²) >= 11 is 0. The van der Waals surface area contributed by atoms with Crippen LogP contribution in [0.5, 0.6) is 5.75 Å². The van der Waals surface area contributed by atoms with Crippen molar-refractivity contribution in [2.45, 2.75) is 83.0 Å². The number of allylic oxidation sites excluding steroid dienone is 1. The van der Waals surface area contributed by atoms with Crippen LogP contribution in [0.3, 0.4) is 0 Å². The van der Waals surface area contributed by atoms with Crippen molar-refractivity contribution in [1.29, 1.82) is 0 Å². The van der Waals surface area contributed by atoms with Crippen LogP contribution in [-0.4, -0.2) is 75.7 Å². The van der Waals surface area contributed by atoms with E-state index in [0.29, 0.717) is 30.7 Å². The highest BCUT2D eigenvalue weighted by molar-refractivity contribution is 5.96. The van der Waals surface area contributed by atoms with Crippen LogP contribution >= 0.6 is 0 Å². The number of hydrogen-bond donors (Lipinski definition) is 3. The Morgan fingerprint density at radius 1 is 1.16 bits per heavy atom. The molecule has 6 rings (SSSR count). The fourth-order valence-corrected chi connectivity index (χ4v) is 6.91. The minimum absolute atomic E-state index is 0.0412. The van der Waals surface area contributed by atoms with Crippen molar-refractivity contribution < 1.29 is 33.8 Å². The molecule has 3 amide bonds. The largest absolute Gasteiger partial charge is 0.488 e. The van der Waals surface area contributed by atoms with Gasteiger partial charge in [0.2, 0.25) is 11.8 Å². The normalized spacial score (nSPS) is 26.6. The number of cyclic esters (lactones) is 1. The average Bonchev–Trinajstić information content (AvgIpc) is 3.68. The molecule has 4 bridgehead atoms. The molecule has 51 heavy (non-hydrogen) atoms. The SMILES string of the molecule is C=C[C@H]1C[C@]1(NC(=O)[C@@H]1C[C@@H]2CN1C(=O)[C@H](CCCC)NC(=O)OCCC(C)(C)/C=C/c1ccc3nc(-c4ccccc4)cc(c3c1)O2)C(=O)O. The molecule has 0 unspecified atom stereocenters. The molecule has 2 fully saturated rings. The van der Waals surface area contributed by atoms with Crippen LogP contribution in [0.1, 0.15) is 64.9 Å². The van der Waals surface area contributed by atoms with Gasteiger partial charge >= 0.3 is 12.1 Å². The summed E-state index contributed by atoms with van der Waals surface area (Å²) in [7, 11) is 0. The fourth-order valence-electron chi connectivity index (χ4n) is 6.91. The number of benzene rings is 2. The number of rotatable bonds is 8. The zero-order valence-electron chi connectivity index (χ0n) is 29.4. The van der Waals surface area contributed by atoms with Gasteiger partial charge in [0, 0.05) is 29.4 Å². The minimum atomic E-state index is -1.48. The molecule has 1 saturated carbocycles. The molecule has 2 aromatic carbocycles. The number of pyridine rings is 1. The van der Waals surface area contributed by atoms with Crippen molar-refractivity contribution in [2.24, 2.45) is 11.3 Å². The van der Waals surface area contributed by atoms with E-state index in [1.165, 1.54) is 11.0 Å². The Morgan fingerprint density at radius 2 is 1.94 bits per heavy atom. The Labute approximate surface area is 298 Å². The first kappa shape index (κ1) is 35.6. The number of aromatic nitrogens is 1. The van der Waals surface area contributed by atoms with E-state index >= 15 is 0 Å². The van der Waals surface area contributed by atoms with Gasteiger partial charge in [-0.1, -0.05) is 88.2 Å². The van der Waals surface area contributed by atoms with Crippen LogP contribution in [0.4, 0.5) is 4.79 Å². The van der Waals surface area contributed by atoms with E-state index in [9.17, 15) is 24.3 Å². The summed E-state index contributed by atoms with van der Waals surface area (Å²) in [5.74, 6) is -2.09. The third-order valence-corrected chi connectivity index (χ3v) is 10.2. The number of nitrogens with one attached hydrogen (secondary N) is 2. The van der Waals surface area contributed by atoms with Crippen molar-refractivity contribution in [2.75, 3.05) is 13.2 Å². The van der Waals surface area contributed by atoms with E-state index in [2.05, 4.69) is 37.1 Å². The first-order chi connectivity index (χ1) is 24.4. The van der Waals surface area contributed by atoms with Crippen LogP contribution in [-0.2, 0) is 19.1 Å². The number of unbranched alkanes of at least 4 members (excludes halogenated alkanes) is 1. The molecule has 5 atom stereocenters. The van der Waals surface area contributed by atoms with Crippen LogP contribution < -0.4 is 15.4 Å². The van der Waals surface area contributed by atoms with Gasteiger partial charge in [0.25, 0.3) is 0 Å². The third kappa shape index (κ3) is 7.77. The average molecular weight is 695 g/mol. The van der Waals surface area contributed by atoms with E-state index < -0.39 is 53.5 Å². The van der Waals surface area contributed by atoms with Gasteiger partial charge in [0.05, 0.1) is 24.4 Å². The molecule has 2 aliphatic heterocycles.